The zero-order chi connectivity index (χ0) is 6.10. The van der Waals surface area contributed by atoms with Crippen LogP contribution in [0.15, 0.2) is 0 Å². The molecule has 2 N–H and O–H groups in total. The maximum Gasteiger partial charge on any atom is 0.0784 e. The van der Waals surface area contributed by atoms with E-state index in [1.807, 2.05) is 0 Å². The molecule has 1 saturated heterocycles. The molecule has 1 saturated carbocycles. The fraction of sp³-hybridized carbons (Fsp3) is 1.00. The number of hydrogen-bond acceptors (Lipinski definition) is 0. The summed E-state index contributed by atoms with van der Waals surface area (Å²) >= 11 is 0. The van der Waals surface area contributed by atoms with E-state index in [0.717, 1.165) is 11.8 Å². The zero-order valence-corrected chi connectivity index (χ0v) is 5.97. The third-order valence-corrected chi connectivity index (χ3v) is 2.89. The van der Waals surface area contributed by atoms with E-state index in [1.54, 1.807) is 6.42 Å². The van der Waals surface area contributed by atoms with Crippen molar-refractivity contribution in [3.8, 4) is 0 Å². The number of rotatable bonds is 0. The second kappa shape index (κ2) is 2.30. The molecule has 9 heavy (non-hydrogen) atoms. The van der Waals surface area contributed by atoms with E-state index in [9.17, 15) is 0 Å². The van der Waals surface area contributed by atoms with E-state index in [1.165, 1.54) is 32.4 Å². The lowest BCUT2D eigenvalue weighted by Crippen LogP contribution is -2.89. The van der Waals surface area contributed by atoms with Gasteiger partial charge >= 0.3 is 0 Å². The predicted molar refractivity (Wildman–Crippen MR) is 37.1 cm³/mol. The fourth-order valence-electron chi connectivity index (χ4n) is 2.40. The Morgan fingerprint density at radius 1 is 1.00 bits per heavy atom. The molecule has 0 aromatic heterocycles. The molecule has 1 aliphatic carbocycles. The van der Waals surface area contributed by atoms with Crippen LogP contribution in [0.4, 0.5) is 0 Å². The van der Waals surface area contributed by atoms with Crippen molar-refractivity contribution in [1.29, 1.82) is 0 Å². The van der Waals surface area contributed by atoms with Crippen LogP contribution in [0.1, 0.15) is 25.7 Å². The van der Waals surface area contributed by atoms with Crippen molar-refractivity contribution in [3.63, 3.8) is 0 Å². The van der Waals surface area contributed by atoms with Crippen LogP contribution in [0.2, 0.25) is 0 Å². The lowest BCUT2D eigenvalue weighted by atomic mass is 9.79. The standard InChI is InChI=1S/C8H15N/c1-2-7-4-8(3-1)6-9-5-7/h7-9H,1-6H2/p+1/t7-,8+. The first kappa shape index (κ1) is 5.72. The molecule has 0 unspecified atom stereocenters. The molecule has 0 radical (unpaired) electrons. The first-order valence-corrected chi connectivity index (χ1v) is 4.27. The number of piperidine rings is 1. The SMILES string of the molecule is C1C[C@@H]2C[NH2+]C[C@H](C1)C2. The second-order valence-corrected chi connectivity index (χ2v) is 3.66. The highest BCUT2D eigenvalue weighted by Gasteiger charge is 2.27. The Kier molecular flexibility index (Phi) is 1.46. The van der Waals surface area contributed by atoms with E-state index in [-0.39, 0.29) is 0 Å². The maximum atomic E-state index is 2.51. The molecule has 2 rings (SSSR count). The summed E-state index contributed by atoms with van der Waals surface area (Å²) in [5.41, 5.74) is 0. The van der Waals surface area contributed by atoms with Crippen molar-refractivity contribution in [2.24, 2.45) is 11.8 Å². The van der Waals surface area contributed by atoms with Gasteiger partial charge in [0.2, 0.25) is 0 Å². The number of quaternary nitrogens is 1. The molecule has 0 spiro atoms. The van der Waals surface area contributed by atoms with E-state index >= 15 is 0 Å². The summed E-state index contributed by atoms with van der Waals surface area (Å²) in [5.74, 6) is 2.19. The second-order valence-electron chi connectivity index (χ2n) is 3.66. The van der Waals surface area contributed by atoms with Gasteiger partial charge in [-0.2, -0.15) is 0 Å². The summed E-state index contributed by atoms with van der Waals surface area (Å²) in [4.78, 5) is 0. The zero-order valence-electron chi connectivity index (χ0n) is 5.97. The minimum atomic E-state index is 1.09. The molecular weight excluding hydrogens is 110 g/mol. The first-order valence-electron chi connectivity index (χ1n) is 4.27. The van der Waals surface area contributed by atoms with E-state index in [0.29, 0.717) is 0 Å². The molecule has 2 atom stereocenters. The number of hydrogen-bond donors (Lipinski definition) is 1. The largest absolute Gasteiger partial charge is 0.346 e. The third kappa shape index (κ3) is 1.11. The average molecular weight is 126 g/mol. The summed E-state index contributed by atoms with van der Waals surface area (Å²) in [6, 6.07) is 0. The fourth-order valence-corrected chi connectivity index (χ4v) is 2.40. The Balaban J connectivity index is 1.96. The lowest BCUT2D eigenvalue weighted by molar-refractivity contribution is -0.677. The van der Waals surface area contributed by atoms with Crippen molar-refractivity contribution in [2.75, 3.05) is 13.1 Å². The van der Waals surface area contributed by atoms with Gasteiger partial charge in [-0.3, -0.25) is 0 Å². The Morgan fingerprint density at radius 2 is 1.67 bits per heavy atom. The predicted octanol–water partition coefficient (Wildman–Crippen LogP) is 0.370. The highest BCUT2D eigenvalue weighted by Crippen LogP contribution is 2.28. The van der Waals surface area contributed by atoms with Crippen LogP contribution >= 0.6 is 0 Å². The highest BCUT2D eigenvalue weighted by atomic mass is 14.9. The number of nitrogens with two attached hydrogens (primary N) is 1. The van der Waals surface area contributed by atoms with Crippen LogP contribution in [0.3, 0.4) is 0 Å². The monoisotopic (exact) mass is 126 g/mol. The highest BCUT2D eigenvalue weighted by molar-refractivity contribution is 4.73. The lowest BCUT2D eigenvalue weighted by Gasteiger charge is -2.31. The Morgan fingerprint density at radius 3 is 2.22 bits per heavy atom. The molecule has 0 aromatic rings. The van der Waals surface area contributed by atoms with Crippen LogP contribution in [0.5, 0.6) is 0 Å². The van der Waals surface area contributed by atoms with Crippen LogP contribution in [-0.4, -0.2) is 13.1 Å². The molecule has 2 bridgehead atoms. The van der Waals surface area contributed by atoms with E-state index in [2.05, 4.69) is 5.32 Å². The van der Waals surface area contributed by atoms with Crippen LogP contribution in [0.25, 0.3) is 0 Å². The molecule has 2 aliphatic rings. The molecule has 2 fully saturated rings. The summed E-state index contributed by atoms with van der Waals surface area (Å²) in [5, 5.41) is 2.51. The molecular formula is C8H16N+. The van der Waals surface area contributed by atoms with Gasteiger partial charge in [0.15, 0.2) is 0 Å². The van der Waals surface area contributed by atoms with Gasteiger partial charge in [-0.05, 0) is 19.3 Å². The van der Waals surface area contributed by atoms with Crippen molar-refractivity contribution in [2.45, 2.75) is 25.7 Å². The van der Waals surface area contributed by atoms with E-state index in [4.69, 9.17) is 0 Å². The van der Waals surface area contributed by atoms with Crippen LogP contribution in [-0.2, 0) is 0 Å². The summed E-state index contributed by atoms with van der Waals surface area (Å²) in [6.07, 6.45) is 6.11. The molecule has 1 aliphatic heterocycles. The molecule has 1 nitrogen and oxygen atoms in total. The van der Waals surface area contributed by atoms with Crippen molar-refractivity contribution in [3.05, 3.63) is 0 Å². The number of fused-ring (bicyclic) bond motifs is 2. The first-order chi connectivity index (χ1) is 4.45. The topological polar surface area (TPSA) is 16.6 Å². The molecule has 0 amide bonds. The maximum absolute atomic E-state index is 2.51. The van der Waals surface area contributed by atoms with Gasteiger partial charge < -0.3 is 5.32 Å². The summed E-state index contributed by atoms with van der Waals surface area (Å²) in [7, 11) is 0. The van der Waals surface area contributed by atoms with Crippen LogP contribution < -0.4 is 5.32 Å². The van der Waals surface area contributed by atoms with Gasteiger partial charge in [0.05, 0.1) is 13.1 Å². The van der Waals surface area contributed by atoms with Gasteiger partial charge in [0.1, 0.15) is 0 Å². The van der Waals surface area contributed by atoms with Crippen LogP contribution in [0, 0.1) is 11.8 Å². The molecule has 1 heterocycles. The van der Waals surface area contributed by atoms with E-state index < -0.39 is 0 Å². The molecule has 52 valence electrons. The smallest absolute Gasteiger partial charge is 0.0784 e. The van der Waals surface area contributed by atoms with Crippen molar-refractivity contribution in [1.82, 2.24) is 0 Å². The van der Waals surface area contributed by atoms with Gasteiger partial charge in [0, 0.05) is 11.8 Å². The average Bonchev–Trinajstić information content (AvgIpc) is 1.88. The Labute approximate surface area is 56.8 Å². The quantitative estimate of drug-likeness (QED) is 0.483. The van der Waals surface area contributed by atoms with Gasteiger partial charge in [-0.1, -0.05) is 6.42 Å². The molecule has 0 aromatic carbocycles. The van der Waals surface area contributed by atoms with Crippen molar-refractivity contribution >= 4 is 0 Å². The Hall–Kier alpha value is -0.0400. The molecule has 1 heteroatoms. The van der Waals surface area contributed by atoms with Gasteiger partial charge in [0.25, 0.3) is 0 Å². The summed E-state index contributed by atoms with van der Waals surface area (Å²) in [6.45, 7) is 2.85. The minimum absolute atomic E-state index is 1.09. The van der Waals surface area contributed by atoms with Gasteiger partial charge in [-0.25, -0.2) is 0 Å². The normalized spacial score (nSPS) is 42.7. The third-order valence-electron chi connectivity index (χ3n) is 2.89. The minimum Gasteiger partial charge on any atom is -0.346 e. The summed E-state index contributed by atoms with van der Waals surface area (Å²) < 4.78 is 0. The Bertz CT molecular complexity index is 80.7. The van der Waals surface area contributed by atoms with Crippen molar-refractivity contribution < 1.29 is 5.32 Å². The van der Waals surface area contributed by atoms with Gasteiger partial charge in [-0.15, -0.1) is 0 Å².